The van der Waals surface area contributed by atoms with Crippen LogP contribution in [0.2, 0.25) is 0 Å². The summed E-state index contributed by atoms with van der Waals surface area (Å²) in [6.07, 6.45) is 3.81. The minimum Gasteiger partial charge on any atom is -0.387 e. The zero-order chi connectivity index (χ0) is 15.9. The highest BCUT2D eigenvalue weighted by Crippen LogP contribution is 2.23. The minimum absolute atomic E-state index is 0.0923. The molecule has 0 saturated heterocycles. The Morgan fingerprint density at radius 1 is 1.36 bits per heavy atom. The van der Waals surface area contributed by atoms with E-state index in [0.29, 0.717) is 12.0 Å². The van der Waals surface area contributed by atoms with Crippen molar-refractivity contribution in [2.75, 3.05) is 6.54 Å². The SMILES string of the molecule is CCC(OC1CCCC1)C(=O)NCC(O)c1ccc(F)cc1. The predicted molar refractivity (Wildman–Crippen MR) is 81.8 cm³/mol. The minimum atomic E-state index is -0.853. The van der Waals surface area contributed by atoms with Crippen molar-refractivity contribution in [1.82, 2.24) is 5.32 Å². The lowest BCUT2D eigenvalue weighted by molar-refractivity contribution is -0.137. The molecule has 1 saturated carbocycles. The Hall–Kier alpha value is -1.46. The molecule has 122 valence electrons. The number of nitrogens with one attached hydrogen (secondary N) is 1. The maximum Gasteiger partial charge on any atom is 0.249 e. The van der Waals surface area contributed by atoms with Crippen molar-refractivity contribution in [2.24, 2.45) is 0 Å². The summed E-state index contributed by atoms with van der Waals surface area (Å²) < 4.78 is 18.7. The first-order chi connectivity index (χ1) is 10.6. The van der Waals surface area contributed by atoms with Crippen LogP contribution in [0.15, 0.2) is 24.3 Å². The fraction of sp³-hybridized carbons (Fsp3) is 0.588. The van der Waals surface area contributed by atoms with E-state index in [2.05, 4.69) is 5.32 Å². The monoisotopic (exact) mass is 309 g/mol. The predicted octanol–water partition coefficient (Wildman–Crippen LogP) is 2.71. The summed E-state index contributed by atoms with van der Waals surface area (Å²) >= 11 is 0. The van der Waals surface area contributed by atoms with Crippen LogP contribution >= 0.6 is 0 Å². The van der Waals surface area contributed by atoms with Crippen molar-refractivity contribution in [3.63, 3.8) is 0 Å². The number of halogens is 1. The van der Waals surface area contributed by atoms with Gasteiger partial charge in [-0.05, 0) is 37.0 Å². The molecule has 2 unspecified atom stereocenters. The lowest BCUT2D eigenvalue weighted by Gasteiger charge is -2.21. The Labute approximate surface area is 130 Å². The Morgan fingerprint density at radius 2 is 2.00 bits per heavy atom. The second-order valence-electron chi connectivity index (χ2n) is 5.75. The molecule has 22 heavy (non-hydrogen) atoms. The van der Waals surface area contributed by atoms with Crippen LogP contribution in [0.5, 0.6) is 0 Å². The molecule has 0 aromatic heterocycles. The second kappa shape index (κ2) is 8.25. The molecule has 2 N–H and O–H groups in total. The van der Waals surface area contributed by atoms with Crippen LogP contribution in [0.25, 0.3) is 0 Å². The molecular formula is C17H24FNO3. The number of amides is 1. The van der Waals surface area contributed by atoms with Gasteiger partial charge in [0.1, 0.15) is 11.9 Å². The molecule has 0 radical (unpaired) electrons. The number of aliphatic hydroxyl groups is 1. The molecule has 0 heterocycles. The molecule has 0 aliphatic heterocycles. The van der Waals surface area contributed by atoms with E-state index in [4.69, 9.17) is 4.74 Å². The first-order valence-corrected chi connectivity index (χ1v) is 7.97. The van der Waals surface area contributed by atoms with Gasteiger partial charge >= 0.3 is 0 Å². The molecule has 1 fully saturated rings. The van der Waals surface area contributed by atoms with Gasteiger partial charge in [0.15, 0.2) is 0 Å². The van der Waals surface area contributed by atoms with Gasteiger partial charge in [0.2, 0.25) is 5.91 Å². The largest absolute Gasteiger partial charge is 0.387 e. The topological polar surface area (TPSA) is 58.6 Å². The van der Waals surface area contributed by atoms with E-state index >= 15 is 0 Å². The van der Waals surface area contributed by atoms with Crippen LogP contribution in [0.3, 0.4) is 0 Å². The number of hydrogen-bond donors (Lipinski definition) is 2. The van der Waals surface area contributed by atoms with E-state index in [1.54, 1.807) is 0 Å². The molecular weight excluding hydrogens is 285 g/mol. The lowest BCUT2D eigenvalue weighted by Crippen LogP contribution is -2.39. The van der Waals surface area contributed by atoms with Crippen molar-refractivity contribution < 1.29 is 19.0 Å². The number of carbonyl (C=O) groups excluding carboxylic acids is 1. The highest BCUT2D eigenvalue weighted by Gasteiger charge is 2.24. The van der Waals surface area contributed by atoms with Gasteiger partial charge in [-0.15, -0.1) is 0 Å². The summed E-state index contributed by atoms with van der Waals surface area (Å²) in [6.45, 7) is 2.00. The number of carbonyl (C=O) groups is 1. The van der Waals surface area contributed by atoms with E-state index in [-0.39, 0.29) is 24.4 Å². The average Bonchev–Trinajstić information content (AvgIpc) is 3.03. The highest BCUT2D eigenvalue weighted by molar-refractivity contribution is 5.80. The van der Waals surface area contributed by atoms with Crippen molar-refractivity contribution in [1.29, 1.82) is 0 Å². The molecule has 2 atom stereocenters. The van der Waals surface area contributed by atoms with Crippen molar-refractivity contribution >= 4 is 5.91 Å². The van der Waals surface area contributed by atoms with Crippen molar-refractivity contribution in [2.45, 2.75) is 57.3 Å². The van der Waals surface area contributed by atoms with E-state index in [0.717, 1.165) is 25.7 Å². The van der Waals surface area contributed by atoms with Crippen molar-refractivity contribution in [3.05, 3.63) is 35.6 Å². The maximum atomic E-state index is 12.8. The quantitative estimate of drug-likeness (QED) is 0.814. The van der Waals surface area contributed by atoms with Gasteiger partial charge in [-0.1, -0.05) is 31.9 Å². The van der Waals surface area contributed by atoms with Crippen molar-refractivity contribution in [3.8, 4) is 0 Å². The normalized spacial score (nSPS) is 18.1. The third-order valence-electron chi connectivity index (χ3n) is 4.05. The molecule has 1 aliphatic carbocycles. The molecule has 1 aromatic rings. The van der Waals surface area contributed by atoms with E-state index in [9.17, 15) is 14.3 Å². The number of benzene rings is 1. The van der Waals surface area contributed by atoms with Crippen LogP contribution in [-0.2, 0) is 9.53 Å². The zero-order valence-electron chi connectivity index (χ0n) is 12.9. The standard InChI is InChI=1S/C17H24FNO3/c1-2-16(22-14-5-3-4-6-14)17(21)19-11-15(20)12-7-9-13(18)10-8-12/h7-10,14-16,20H,2-6,11H2,1H3,(H,19,21). The summed E-state index contributed by atoms with van der Waals surface area (Å²) in [7, 11) is 0. The first kappa shape index (κ1) is 16.9. The third kappa shape index (κ3) is 4.78. The summed E-state index contributed by atoms with van der Waals surface area (Å²) in [5.41, 5.74) is 0.575. The number of aliphatic hydroxyl groups excluding tert-OH is 1. The van der Waals surface area contributed by atoms with Gasteiger partial charge in [-0.2, -0.15) is 0 Å². The molecule has 1 amide bonds. The lowest BCUT2D eigenvalue weighted by atomic mass is 10.1. The molecule has 0 bridgehead atoms. The smallest absolute Gasteiger partial charge is 0.249 e. The Morgan fingerprint density at radius 3 is 2.59 bits per heavy atom. The summed E-state index contributed by atoms with van der Waals surface area (Å²) in [4.78, 5) is 12.1. The zero-order valence-corrected chi connectivity index (χ0v) is 12.9. The van der Waals surface area contributed by atoms with Gasteiger partial charge in [-0.25, -0.2) is 4.39 Å². The fourth-order valence-corrected chi connectivity index (χ4v) is 2.71. The van der Waals surface area contributed by atoms with E-state index < -0.39 is 12.2 Å². The van der Waals surface area contributed by atoms with Gasteiger partial charge < -0.3 is 15.2 Å². The summed E-state index contributed by atoms with van der Waals surface area (Å²) in [5, 5.41) is 12.7. The second-order valence-corrected chi connectivity index (χ2v) is 5.75. The van der Waals surface area contributed by atoms with E-state index in [1.165, 1.54) is 24.3 Å². The van der Waals surface area contributed by atoms with Gasteiger partial charge in [0.25, 0.3) is 0 Å². The summed E-state index contributed by atoms with van der Waals surface area (Å²) in [5.74, 6) is -0.549. The Balaban J connectivity index is 1.80. The van der Waals surface area contributed by atoms with Crippen LogP contribution in [0.1, 0.15) is 50.7 Å². The average molecular weight is 309 g/mol. The Bertz CT molecular complexity index is 471. The van der Waals surface area contributed by atoms with Gasteiger partial charge in [-0.3, -0.25) is 4.79 Å². The molecule has 0 spiro atoms. The maximum absolute atomic E-state index is 12.8. The highest BCUT2D eigenvalue weighted by atomic mass is 19.1. The molecule has 4 nitrogen and oxygen atoms in total. The van der Waals surface area contributed by atoms with Gasteiger partial charge in [0.05, 0.1) is 12.2 Å². The van der Waals surface area contributed by atoms with Gasteiger partial charge in [0, 0.05) is 6.54 Å². The molecule has 1 aromatic carbocycles. The fourth-order valence-electron chi connectivity index (χ4n) is 2.71. The Kier molecular flexibility index (Phi) is 6.34. The number of hydrogen-bond acceptors (Lipinski definition) is 3. The summed E-state index contributed by atoms with van der Waals surface area (Å²) in [6, 6.07) is 5.60. The number of rotatable bonds is 7. The van der Waals surface area contributed by atoms with Crippen LogP contribution in [0.4, 0.5) is 4.39 Å². The first-order valence-electron chi connectivity index (χ1n) is 7.97. The molecule has 2 rings (SSSR count). The van der Waals surface area contributed by atoms with E-state index in [1.807, 2.05) is 6.92 Å². The van der Waals surface area contributed by atoms with Crippen LogP contribution in [0, 0.1) is 5.82 Å². The molecule has 5 heteroatoms. The van der Waals surface area contributed by atoms with Crippen LogP contribution < -0.4 is 5.32 Å². The van der Waals surface area contributed by atoms with Crippen LogP contribution in [-0.4, -0.2) is 29.8 Å². The third-order valence-corrected chi connectivity index (χ3v) is 4.05. The molecule has 1 aliphatic rings. The number of ether oxygens (including phenoxy) is 1.